The Morgan fingerprint density at radius 3 is 2.71 bits per heavy atom. The Morgan fingerprint density at radius 2 is 1.97 bits per heavy atom. The third kappa shape index (κ3) is 4.39. The first-order valence-corrected chi connectivity index (χ1v) is 9.67. The van der Waals surface area contributed by atoms with E-state index in [1.807, 2.05) is 18.2 Å². The maximum atomic E-state index is 13.3. The quantitative estimate of drug-likeness (QED) is 0.492. The lowest BCUT2D eigenvalue weighted by Crippen LogP contribution is -2.24. The number of hydrogen-bond donors (Lipinski definition) is 1. The van der Waals surface area contributed by atoms with Crippen molar-refractivity contribution in [2.45, 2.75) is 6.54 Å². The van der Waals surface area contributed by atoms with E-state index in [-0.39, 0.29) is 17.3 Å². The predicted molar refractivity (Wildman–Crippen MR) is 114 cm³/mol. The Morgan fingerprint density at radius 1 is 1.16 bits per heavy atom. The standard InChI is InChI=1S/C22H17ClFN5O2/c1-31-18-4-2-3-17(12-18)29-21(14-7-9-25-10-8-14)20(27-28-29)22(30)26-13-15-5-6-16(24)11-19(15)23/h2-12H,13H2,1H3,(H,26,30). The smallest absolute Gasteiger partial charge is 0.274 e. The summed E-state index contributed by atoms with van der Waals surface area (Å²) in [6.07, 6.45) is 3.25. The summed E-state index contributed by atoms with van der Waals surface area (Å²) in [5.41, 5.74) is 2.61. The van der Waals surface area contributed by atoms with Gasteiger partial charge in [0, 0.05) is 35.6 Å². The summed E-state index contributed by atoms with van der Waals surface area (Å²) in [7, 11) is 1.57. The zero-order valence-electron chi connectivity index (χ0n) is 16.4. The van der Waals surface area contributed by atoms with Crippen LogP contribution in [-0.2, 0) is 6.54 Å². The minimum atomic E-state index is -0.443. The second-order valence-corrected chi connectivity index (χ2v) is 6.96. The molecule has 1 amide bonds. The first-order chi connectivity index (χ1) is 15.1. The van der Waals surface area contributed by atoms with Crippen LogP contribution in [0.1, 0.15) is 16.1 Å². The highest BCUT2D eigenvalue weighted by molar-refractivity contribution is 6.31. The van der Waals surface area contributed by atoms with Crippen LogP contribution in [0.25, 0.3) is 16.9 Å². The van der Waals surface area contributed by atoms with Crippen molar-refractivity contribution in [2.75, 3.05) is 7.11 Å². The van der Waals surface area contributed by atoms with E-state index >= 15 is 0 Å². The number of amides is 1. The Bertz CT molecular complexity index is 1230. The van der Waals surface area contributed by atoms with E-state index in [0.717, 1.165) is 0 Å². The Labute approximate surface area is 182 Å². The van der Waals surface area contributed by atoms with Crippen molar-refractivity contribution in [3.8, 4) is 22.7 Å². The molecule has 2 heterocycles. The highest BCUT2D eigenvalue weighted by Gasteiger charge is 2.22. The molecule has 9 heteroatoms. The van der Waals surface area contributed by atoms with E-state index in [1.54, 1.807) is 42.4 Å². The molecule has 0 atom stereocenters. The third-order valence-electron chi connectivity index (χ3n) is 4.59. The number of ether oxygens (including phenoxy) is 1. The number of aromatic nitrogens is 4. The largest absolute Gasteiger partial charge is 0.497 e. The van der Waals surface area contributed by atoms with Gasteiger partial charge in [-0.1, -0.05) is 28.9 Å². The summed E-state index contributed by atoms with van der Waals surface area (Å²) < 4.78 is 20.1. The minimum Gasteiger partial charge on any atom is -0.497 e. The normalized spacial score (nSPS) is 10.7. The molecular formula is C22H17ClFN5O2. The van der Waals surface area contributed by atoms with Crippen LogP contribution < -0.4 is 10.1 Å². The molecule has 0 saturated carbocycles. The van der Waals surface area contributed by atoms with Gasteiger partial charge < -0.3 is 10.1 Å². The van der Waals surface area contributed by atoms with Crippen molar-refractivity contribution in [1.82, 2.24) is 25.3 Å². The summed E-state index contributed by atoms with van der Waals surface area (Å²) in [5, 5.41) is 11.3. The van der Waals surface area contributed by atoms with Crippen LogP contribution in [0.3, 0.4) is 0 Å². The summed E-state index contributed by atoms with van der Waals surface area (Å²) >= 11 is 6.06. The number of carbonyl (C=O) groups excluding carboxylic acids is 1. The van der Waals surface area contributed by atoms with Gasteiger partial charge in [-0.3, -0.25) is 9.78 Å². The summed E-state index contributed by atoms with van der Waals surface area (Å²) in [4.78, 5) is 17.0. The Hall–Kier alpha value is -3.78. The van der Waals surface area contributed by atoms with Gasteiger partial charge in [-0.25, -0.2) is 9.07 Å². The van der Waals surface area contributed by atoms with E-state index in [4.69, 9.17) is 16.3 Å². The number of rotatable bonds is 6. The monoisotopic (exact) mass is 437 g/mol. The van der Waals surface area contributed by atoms with Gasteiger partial charge in [0.05, 0.1) is 12.8 Å². The fourth-order valence-electron chi connectivity index (χ4n) is 3.05. The first kappa shape index (κ1) is 20.5. The van der Waals surface area contributed by atoms with Crippen LogP contribution in [0.5, 0.6) is 5.75 Å². The SMILES string of the molecule is COc1cccc(-n2nnc(C(=O)NCc3ccc(F)cc3Cl)c2-c2ccncc2)c1. The molecule has 7 nitrogen and oxygen atoms in total. The van der Waals surface area contributed by atoms with E-state index in [9.17, 15) is 9.18 Å². The molecule has 0 fully saturated rings. The van der Waals surface area contributed by atoms with Gasteiger partial charge >= 0.3 is 0 Å². The molecule has 0 bridgehead atoms. The topological polar surface area (TPSA) is 81.9 Å². The lowest BCUT2D eigenvalue weighted by atomic mass is 10.1. The van der Waals surface area contributed by atoms with Crippen LogP contribution in [0.4, 0.5) is 4.39 Å². The predicted octanol–water partition coefficient (Wildman–Crippen LogP) is 4.06. The second kappa shape index (κ2) is 8.93. The lowest BCUT2D eigenvalue weighted by molar-refractivity contribution is 0.0946. The van der Waals surface area contributed by atoms with Crippen molar-refractivity contribution >= 4 is 17.5 Å². The molecule has 0 aliphatic rings. The second-order valence-electron chi connectivity index (χ2n) is 6.55. The van der Waals surface area contributed by atoms with Gasteiger partial charge in [-0.2, -0.15) is 0 Å². The van der Waals surface area contributed by atoms with Crippen molar-refractivity contribution in [3.63, 3.8) is 0 Å². The first-order valence-electron chi connectivity index (χ1n) is 9.29. The van der Waals surface area contributed by atoms with Gasteiger partial charge in [0.25, 0.3) is 5.91 Å². The molecule has 2 aromatic carbocycles. The number of pyridine rings is 1. The molecule has 0 aliphatic carbocycles. The molecule has 0 spiro atoms. The van der Waals surface area contributed by atoms with Crippen LogP contribution in [0, 0.1) is 5.82 Å². The van der Waals surface area contributed by atoms with Crippen LogP contribution in [-0.4, -0.2) is 33.0 Å². The lowest BCUT2D eigenvalue weighted by Gasteiger charge is -2.10. The van der Waals surface area contributed by atoms with Crippen LogP contribution >= 0.6 is 11.6 Å². The molecular weight excluding hydrogens is 421 g/mol. The maximum Gasteiger partial charge on any atom is 0.274 e. The van der Waals surface area contributed by atoms with E-state index in [0.29, 0.717) is 28.3 Å². The van der Waals surface area contributed by atoms with E-state index in [2.05, 4.69) is 20.6 Å². The van der Waals surface area contributed by atoms with Gasteiger partial charge in [-0.05, 0) is 42.0 Å². The van der Waals surface area contributed by atoms with Crippen LogP contribution in [0.15, 0.2) is 67.0 Å². The van der Waals surface area contributed by atoms with Crippen molar-refractivity contribution in [1.29, 1.82) is 0 Å². The summed E-state index contributed by atoms with van der Waals surface area (Å²) in [6.45, 7) is 0.111. The Balaban J connectivity index is 1.70. The van der Waals surface area contributed by atoms with Gasteiger partial charge in [0.15, 0.2) is 5.69 Å². The molecule has 0 radical (unpaired) electrons. The van der Waals surface area contributed by atoms with Gasteiger partial charge in [0.1, 0.15) is 17.3 Å². The zero-order chi connectivity index (χ0) is 21.8. The fraction of sp³-hybridized carbons (Fsp3) is 0.0909. The number of halogens is 2. The molecule has 0 aliphatic heterocycles. The zero-order valence-corrected chi connectivity index (χ0v) is 17.2. The number of benzene rings is 2. The third-order valence-corrected chi connectivity index (χ3v) is 4.94. The molecule has 31 heavy (non-hydrogen) atoms. The number of methoxy groups -OCH3 is 1. The highest BCUT2D eigenvalue weighted by atomic mass is 35.5. The number of nitrogens with zero attached hydrogens (tertiary/aromatic N) is 4. The molecule has 0 saturated heterocycles. The average molecular weight is 438 g/mol. The Kier molecular flexibility index (Phi) is 5.90. The average Bonchev–Trinajstić information content (AvgIpc) is 3.24. The number of hydrogen-bond acceptors (Lipinski definition) is 5. The highest BCUT2D eigenvalue weighted by Crippen LogP contribution is 2.26. The van der Waals surface area contributed by atoms with Crippen molar-refractivity contribution < 1.29 is 13.9 Å². The van der Waals surface area contributed by atoms with Gasteiger partial charge in [-0.15, -0.1) is 5.10 Å². The van der Waals surface area contributed by atoms with Crippen molar-refractivity contribution in [3.05, 3.63) is 89.1 Å². The summed E-state index contributed by atoms with van der Waals surface area (Å²) in [6, 6.07) is 14.8. The molecule has 0 unspecified atom stereocenters. The molecule has 1 N–H and O–H groups in total. The fourth-order valence-corrected chi connectivity index (χ4v) is 3.28. The molecule has 4 rings (SSSR count). The van der Waals surface area contributed by atoms with E-state index < -0.39 is 11.7 Å². The van der Waals surface area contributed by atoms with Gasteiger partial charge in [0.2, 0.25) is 0 Å². The van der Waals surface area contributed by atoms with Crippen molar-refractivity contribution in [2.24, 2.45) is 0 Å². The molecule has 156 valence electrons. The summed E-state index contributed by atoms with van der Waals surface area (Å²) in [5.74, 6) is -0.242. The maximum absolute atomic E-state index is 13.3. The van der Waals surface area contributed by atoms with Crippen LogP contribution in [0.2, 0.25) is 5.02 Å². The molecule has 2 aromatic heterocycles. The minimum absolute atomic E-state index is 0.111. The molecule has 4 aromatic rings. The number of carbonyl (C=O) groups is 1. The van der Waals surface area contributed by atoms with E-state index in [1.165, 1.54) is 18.2 Å². The number of nitrogens with one attached hydrogen (secondary N) is 1.